The Morgan fingerprint density at radius 1 is 0.773 bits per heavy atom. The van der Waals surface area contributed by atoms with Gasteiger partial charge in [-0.3, -0.25) is 4.98 Å². The molecule has 0 spiro atoms. The SMILES string of the molecule is Nc1ccc(-c2nc3ccc(-c4ccncc4)cc3[nH]2)cc1. The Kier molecular flexibility index (Phi) is 2.86. The zero-order chi connectivity index (χ0) is 14.9. The van der Waals surface area contributed by atoms with Crippen molar-refractivity contribution in [3.8, 4) is 22.5 Å². The Morgan fingerprint density at radius 3 is 2.27 bits per heavy atom. The van der Waals surface area contributed by atoms with E-state index in [1.807, 2.05) is 42.5 Å². The highest BCUT2D eigenvalue weighted by atomic mass is 14.9. The Hall–Kier alpha value is -3.14. The first-order valence-corrected chi connectivity index (χ1v) is 7.06. The van der Waals surface area contributed by atoms with Crippen molar-refractivity contribution in [3.63, 3.8) is 0 Å². The van der Waals surface area contributed by atoms with Crippen molar-refractivity contribution in [2.45, 2.75) is 0 Å². The standard InChI is InChI=1S/C18H14N4/c19-15-4-1-13(2-5-15)18-21-16-6-3-14(11-17(16)22-18)12-7-9-20-10-8-12/h1-11H,19H2,(H,21,22). The van der Waals surface area contributed by atoms with Gasteiger partial charge >= 0.3 is 0 Å². The summed E-state index contributed by atoms with van der Waals surface area (Å²) in [4.78, 5) is 12.1. The zero-order valence-corrected chi connectivity index (χ0v) is 11.8. The normalized spacial score (nSPS) is 10.9. The molecule has 0 saturated carbocycles. The number of aromatic amines is 1. The van der Waals surface area contributed by atoms with Crippen LogP contribution < -0.4 is 5.73 Å². The molecule has 2 aromatic carbocycles. The van der Waals surface area contributed by atoms with E-state index < -0.39 is 0 Å². The number of pyridine rings is 1. The largest absolute Gasteiger partial charge is 0.399 e. The molecule has 0 unspecified atom stereocenters. The van der Waals surface area contributed by atoms with Crippen LogP contribution in [0.1, 0.15) is 0 Å². The number of benzene rings is 2. The first-order valence-electron chi connectivity index (χ1n) is 7.06. The van der Waals surface area contributed by atoms with Crippen LogP contribution in [0.15, 0.2) is 67.0 Å². The van der Waals surface area contributed by atoms with E-state index in [-0.39, 0.29) is 0 Å². The summed E-state index contributed by atoms with van der Waals surface area (Å²) >= 11 is 0. The lowest BCUT2D eigenvalue weighted by atomic mass is 10.1. The third-order valence-corrected chi connectivity index (χ3v) is 3.68. The van der Waals surface area contributed by atoms with Gasteiger partial charge in [0.1, 0.15) is 5.82 Å². The number of H-pyrrole nitrogens is 1. The highest BCUT2D eigenvalue weighted by molar-refractivity contribution is 5.84. The van der Waals surface area contributed by atoms with E-state index in [4.69, 9.17) is 5.73 Å². The molecule has 4 nitrogen and oxygen atoms in total. The number of anilines is 1. The second-order valence-electron chi connectivity index (χ2n) is 5.18. The maximum absolute atomic E-state index is 5.73. The summed E-state index contributed by atoms with van der Waals surface area (Å²) in [6.45, 7) is 0. The van der Waals surface area contributed by atoms with Crippen LogP contribution >= 0.6 is 0 Å². The predicted molar refractivity (Wildman–Crippen MR) is 89.2 cm³/mol. The van der Waals surface area contributed by atoms with Gasteiger partial charge in [-0.05, 0) is 59.7 Å². The lowest BCUT2D eigenvalue weighted by Crippen LogP contribution is -1.84. The van der Waals surface area contributed by atoms with Crippen LogP contribution in [0.2, 0.25) is 0 Å². The highest BCUT2D eigenvalue weighted by Crippen LogP contribution is 2.26. The fourth-order valence-electron chi connectivity index (χ4n) is 2.51. The number of imidazole rings is 1. The summed E-state index contributed by atoms with van der Waals surface area (Å²) in [6.07, 6.45) is 3.60. The molecule has 4 rings (SSSR count). The fourth-order valence-corrected chi connectivity index (χ4v) is 2.51. The summed E-state index contributed by atoms with van der Waals surface area (Å²) in [7, 11) is 0. The molecule has 0 radical (unpaired) electrons. The zero-order valence-electron chi connectivity index (χ0n) is 11.8. The van der Waals surface area contributed by atoms with Gasteiger partial charge in [0.25, 0.3) is 0 Å². The lowest BCUT2D eigenvalue weighted by molar-refractivity contribution is 1.33. The minimum absolute atomic E-state index is 0.750. The van der Waals surface area contributed by atoms with E-state index in [1.54, 1.807) is 12.4 Å². The number of fused-ring (bicyclic) bond motifs is 1. The van der Waals surface area contributed by atoms with Crippen molar-refractivity contribution < 1.29 is 0 Å². The van der Waals surface area contributed by atoms with Gasteiger partial charge in [0, 0.05) is 23.6 Å². The molecule has 2 heterocycles. The molecule has 0 aliphatic rings. The van der Waals surface area contributed by atoms with Crippen LogP contribution in [-0.2, 0) is 0 Å². The summed E-state index contributed by atoms with van der Waals surface area (Å²) in [6, 6.07) is 17.9. The smallest absolute Gasteiger partial charge is 0.138 e. The minimum Gasteiger partial charge on any atom is -0.399 e. The predicted octanol–water partition coefficient (Wildman–Crippen LogP) is 3.87. The quantitative estimate of drug-likeness (QED) is 0.550. The third kappa shape index (κ3) is 2.20. The van der Waals surface area contributed by atoms with Gasteiger partial charge in [-0.15, -0.1) is 0 Å². The molecule has 2 aromatic heterocycles. The maximum atomic E-state index is 5.73. The Labute approximate surface area is 127 Å². The van der Waals surface area contributed by atoms with Gasteiger partial charge in [-0.2, -0.15) is 0 Å². The summed E-state index contributed by atoms with van der Waals surface area (Å²) in [5.74, 6) is 0.849. The Bertz CT molecular complexity index is 924. The first kappa shape index (κ1) is 12.6. The first-order chi connectivity index (χ1) is 10.8. The van der Waals surface area contributed by atoms with Crippen LogP contribution in [-0.4, -0.2) is 15.0 Å². The molecule has 0 amide bonds. The van der Waals surface area contributed by atoms with E-state index in [0.717, 1.165) is 39.2 Å². The lowest BCUT2D eigenvalue weighted by Gasteiger charge is -2.00. The molecule has 106 valence electrons. The number of nitrogens with one attached hydrogen (secondary N) is 1. The number of rotatable bonds is 2. The number of hydrogen-bond acceptors (Lipinski definition) is 3. The highest BCUT2D eigenvalue weighted by Gasteiger charge is 2.06. The van der Waals surface area contributed by atoms with Crippen molar-refractivity contribution >= 4 is 16.7 Å². The van der Waals surface area contributed by atoms with Crippen molar-refractivity contribution in [1.82, 2.24) is 15.0 Å². The fraction of sp³-hybridized carbons (Fsp3) is 0. The van der Waals surface area contributed by atoms with E-state index in [9.17, 15) is 0 Å². The molecule has 0 aliphatic carbocycles. The second-order valence-corrected chi connectivity index (χ2v) is 5.18. The van der Waals surface area contributed by atoms with Crippen molar-refractivity contribution in [2.75, 3.05) is 5.73 Å². The number of aromatic nitrogens is 3. The van der Waals surface area contributed by atoms with E-state index in [1.165, 1.54) is 0 Å². The Morgan fingerprint density at radius 2 is 1.50 bits per heavy atom. The Balaban J connectivity index is 1.80. The molecular weight excluding hydrogens is 272 g/mol. The minimum atomic E-state index is 0.750. The molecule has 0 saturated heterocycles. The van der Waals surface area contributed by atoms with Crippen LogP contribution in [0.4, 0.5) is 5.69 Å². The van der Waals surface area contributed by atoms with E-state index in [0.29, 0.717) is 0 Å². The van der Waals surface area contributed by atoms with Gasteiger partial charge in [0.15, 0.2) is 0 Å². The van der Waals surface area contributed by atoms with Gasteiger partial charge in [0.2, 0.25) is 0 Å². The summed E-state index contributed by atoms with van der Waals surface area (Å²) in [5, 5.41) is 0. The van der Waals surface area contributed by atoms with Gasteiger partial charge in [0.05, 0.1) is 11.0 Å². The molecular formula is C18H14N4. The topological polar surface area (TPSA) is 67.6 Å². The average Bonchev–Trinajstić information content (AvgIpc) is 2.99. The maximum Gasteiger partial charge on any atom is 0.138 e. The molecule has 0 aliphatic heterocycles. The monoisotopic (exact) mass is 286 g/mol. The molecule has 22 heavy (non-hydrogen) atoms. The number of nitrogens with zero attached hydrogens (tertiary/aromatic N) is 2. The van der Waals surface area contributed by atoms with E-state index in [2.05, 4.69) is 27.1 Å². The van der Waals surface area contributed by atoms with Crippen LogP contribution in [0.3, 0.4) is 0 Å². The average molecular weight is 286 g/mol. The molecule has 4 aromatic rings. The number of nitrogen functional groups attached to an aromatic ring is 1. The second kappa shape index (κ2) is 5.00. The van der Waals surface area contributed by atoms with Crippen LogP contribution in [0.25, 0.3) is 33.5 Å². The molecule has 3 N–H and O–H groups in total. The van der Waals surface area contributed by atoms with Crippen molar-refractivity contribution in [1.29, 1.82) is 0 Å². The third-order valence-electron chi connectivity index (χ3n) is 3.68. The van der Waals surface area contributed by atoms with Crippen molar-refractivity contribution in [2.24, 2.45) is 0 Å². The van der Waals surface area contributed by atoms with Crippen LogP contribution in [0, 0.1) is 0 Å². The molecule has 0 fully saturated rings. The van der Waals surface area contributed by atoms with E-state index >= 15 is 0 Å². The van der Waals surface area contributed by atoms with Crippen LogP contribution in [0.5, 0.6) is 0 Å². The summed E-state index contributed by atoms with van der Waals surface area (Å²) in [5.41, 5.74) is 11.7. The molecule has 0 bridgehead atoms. The molecule has 4 heteroatoms. The van der Waals surface area contributed by atoms with Gasteiger partial charge < -0.3 is 10.7 Å². The van der Waals surface area contributed by atoms with Crippen molar-refractivity contribution in [3.05, 3.63) is 67.0 Å². The van der Waals surface area contributed by atoms with Gasteiger partial charge in [-0.25, -0.2) is 4.98 Å². The number of nitrogens with two attached hydrogens (primary N) is 1. The number of hydrogen-bond donors (Lipinski definition) is 2. The molecule has 0 atom stereocenters. The van der Waals surface area contributed by atoms with Gasteiger partial charge in [-0.1, -0.05) is 6.07 Å². The summed E-state index contributed by atoms with van der Waals surface area (Å²) < 4.78 is 0.